The SMILES string of the molecule is COc1cccc2cc(-c3nnc(SCC(=O)Nc4ccc(Br)cc4F)n3C)oc12. The Morgan fingerprint density at radius 1 is 1.30 bits per heavy atom. The number of rotatable bonds is 6. The number of amides is 1. The van der Waals surface area contributed by atoms with Crippen molar-refractivity contribution in [3.8, 4) is 17.3 Å². The number of ether oxygens (including phenoxy) is 1. The molecule has 2 heterocycles. The fourth-order valence-corrected chi connectivity index (χ4v) is 3.91. The van der Waals surface area contributed by atoms with Crippen LogP contribution in [-0.4, -0.2) is 33.5 Å². The van der Waals surface area contributed by atoms with E-state index in [2.05, 4.69) is 31.4 Å². The predicted molar refractivity (Wildman–Crippen MR) is 116 cm³/mol. The van der Waals surface area contributed by atoms with Gasteiger partial charge >= 0.3 is 0 Å². The number of anilines is 1. The number of aromatic nitrogens is 3. The molecule has 0 spiro atoms. The van der Waals surface area contributed by atoms with Gasteiger partial charge in [0.25, 0.3) is 0 Å². The molecule has 2 aromatic heterocycles. The van der Waals surface area contributed by atoms with E-state index in [1.54, 1.807) is 24.8 Å². The average Bonchev–Trinajstić information content (AvgIpc) is 3.31. The summed E-state index contributed by atoms with van der Waals surface area (Å²) in [6, 6.07) is 11.9. The summed E-state index contributed by atoms with van der Waals surface area (Å²) in [6.45, 7) is 0. The zero-order valence-corrected chi connectivity index (χ0v) is 18.4. The fourth-order valence-electron chi connectivity index (χ4n) is 2.87. The average molecular weight is 491 g/mol. The molecule has 7 nitrogen and oxygen atoms in total. The van der Waals surface area contributed by atoms with E-state index < -0.39 is 5.82 Å². The number of nitrogens with one attached hydrogen (secondary N) is 1. The van der Waals surface area contributed by atoms with Crippen molar-refractivity contribution in [1.82, 2.24) is 14.8 Å². The van der Waals surface area contributed by atoms with Gasteiger partial charge in [-0.3, -0.25) is 4.79 Å². The summed E-state index contributed by atoms with van der Waals surface area (Å²) in [7, 11) is 3.37. The summed E-state index contributed by atoms with van der Waals surface area (Å²) in [6.07, 6.45) is 0. The minimum atomic E-state index is -0.510. The normalized spacial score (nSPS) is 11.1. The number of hydrogen-bond acceptors (Lipinski definition) is 6. The van der Waals surface area contributed by atoms with E-state index >= 15 is 0 Å². The number of hydrogen-bond donors (Lipinski definition) is 1. The van der Waals surface area contributed by atoms with Crippen LogP contribution in [0.1, 0.15) is 0 Å². The minimum Gasteiger partial charge on any atom is -0.493 e. The van der Waals surface area contributed by atoms with Gasteiger partial charge < -0.3 is 19.0 Å². The maximum atomic E-state index is 13.9. The first kappa shape index (κ1) is 20.4. The van der Waals surface area contributed by atoms with E-state index in [1.807, 2.05) is 24.3 Å². The molecule has 0 aliphatic carbocycles. The largest absolute Gasteiger partial charge is 0.493 e. The van der Waals surface area contributed by atoms with Gasteiger partial charge in [-0.1, -0.05) is 39.8 Å². The molecule has 154 valence electrons. The van der Waals surface area contributed by atoms with Crippen LogP contribution in [-0.2, 0) is 11.8 Å². The van der Waals surface area contributed by atoms with Crippen LogP contribution in [0.4, 0.5) is 10.1 Å². The first-order valence-electron chi connectivity index (χ1n) is 8.80. The highest BCUT2D eigenvalue weighted by molar-refractivity contribution is 9.10. The van der Waals surface area contributed by atoms with Gasteiger partial charge in [-0.25, -0.2) is 4.39 Å². The zero-order chi connectivity index (χ0) is 21.3. The lowest BCUT2D eigenvalue weighted by Crippen LogP contribution is -2.15. The van der Waals surface area contributed by atoms with Crippen molar-refractivity contribution < 1.29 is 18.3 Å². The molecule has 0 aliphatic heterocycles. The lowest BCUT2D eigenvalue weighted by molar-refractivity contribution is -0.113. The minimum absolute atomic E-state index is 0.0510. The molecule has 10 heteroatoms. The topological polar surface area (TPSA) is 82.2 Å². The summed E-state index contributed by atoms with van der Waals surface area (Å²) in [5, 5.41) is 12.3. The highest BCUT2D eigenvalue weighted by Gasteiger charge is 2.18. The molecule has 1 N–H and O–H groups in total. The molecule has 0 aliphatic rings. The Kier molecular flexibility index (Phi) is 5.78. The number of halogens is 2. The number of benzene rings is 2. The summed E-state index contributed by atoms with van der Waals surface area (Å²) in [4.78, 5) is 12.2. The molecule has 0 unspecified atom stereocenters. The van der Waals surface area contributed by atoms with Gasteiger partial charge in [0.15, 0.2) is 28.1 Å². The summed E-state index contributed by atoms with van der Waals surface area (Å²) in [5.74, 6) is 0.888. The molecule has 1 amide bonds. The number of methoxy groups -OCH3 is 1. The molecular weight excluding hydrogens is 475 g/mol. The monoisotopic (exact) mass is 490 g/mol. The van der Waals surface area contributed by atoms with Crippen molar-refractivity contribution in [2.75, 3.05) is 18.2 Å². The molecule has 0 bridgehead atoms. The van der Waals surface area contributed by atoms with Crippen molar-refractivity contribution in [1.29, 1.82) is 0 Å². The molecule has 30 heavy (non-hydrogen) atoms. The third-order valence-electron chi connectivity index (χ3n) is 4.32. The standard InChI is InChI=1S/C20H16BrFN4O3S/c1-26-19(16-8-11-4-3-5-15(28-2)18(11)29-16)24-25-20(26)30-10-17(27)23-14-7-6-12(21)9-13(14)22/h3-9H,10H2,1-2H3,(H,23,27). The fraction of sp³-hybridized carbons (Fsp3) is 0.150. The number of para-hydroxylation sites is 1. The van der Waals surface area contributed by atoms with Crippen LogP contribution in [0.5, 0.6) is 5.75 Å². The van der Waals surface area contributed by atoms with Gasteiger partial charge in [0.1, 0.15) is 5.82 Å². The number of carbonyl (C=O) groups is 1. The van der Waals surface area contributed by atoms with Crippen molar-refractivity contribution in [3.63, 3.8) is 0 Å². The van der Waals surface area contributed by atoms with Crippen LogP contribution < -0.4 is 10.1 Å². The Hall–Kier alpha value is -2.85. The second-order valence-corrected chi connectivity index (χ2v) is 8.17. The molecule has 0 radical (unpaired) electrons. The number of fused-ring (bicyclic) bond motifs is 1. The van der Waals surface area contributed by atoms with Crippen molar-refractivity contribution >= 4 is 50.3 Å². The lowest BCUT2D eigenvalue weighted by Gasteiger charge is -2.06. The van der Waals surface area contributed by atoms with E-state index in [-0.39, 0.29) is 17.3 Å². The highest BCUT2D eigenvalue weighted by Crippen LogP contribution is 2.33. The summed E-state index contributed by atoms with van der Waals surface area (Å²) >= 11 is 4.38. The van der Waals surface area contributed by atoms with E-state index in [0.717, 1.165) is 5.39 Å². The van der Waals surface area contributed by atoms with Crippen LogP contribution in [0.25, 0.3) is 22.6 Å². The summed E-state index contributed by atoms with van der Waals surface area (Å²) < 4.78 is 27.5. The molecular formula is C20H16BrFN4O3S. The van der Waals surface area contributed by atoms with Crippen LogP contribution in [0, 0.1) is 5.82 Å². The zero-order valence-electron chi connectivity index (χ0n) is 16.0. The van der Waals surface area contributed by atoms with E-state index in [1.165, 1.54) is 23.9 Å². The van der Waals surface area contributed by atoms with Gasteiger partial charge in [-0.2, -0.15) is 0 Å². The first-order chi connectivity index (χ1) is 14.5. The third-order valence-corrected chi connectivity index (χ3v) is 5.83. The first-order valence-corrected chi connectivity index (χ1v) is 10.6. The number of carbonyl (C=O) groups excluding carboxylic acids is 1. The van der Waals surface area contributed by atoms with Gasteiger partial charge in [0, 0.05) is 16.9 Å². The Morgan fingerprint density at radius 2 is 2.13 bits per heavy atom. The van der Waals surface area contributed by atoms with E-state index in [9.17, 15) is 9.18 Å². The molecule has 4 rings (SSSR count). The second-order valence-electron chi connectivity index (χ2n) is 6.32. The van der Waals surface area contributed by atoms with Crippen molar-refractivity contribution in [3.05, 3.63) is 52.8 Å². The quantitative estimate of drug-likeness (QED) is 0.388. The second kappa shape index (κ2) is 8.49. The highest BCUT2D eigenvalue weighted by atomic mass is 79.9. The van der Waals surface area contributed by atoms with Crippen molar-refractivity contribution in [2.24, 2.45) is 7.05 Å². The Balaban J connectivity index is 1.48. The lowest BCUT2D eigenvalue weighted by atomic mass is 10.2. The number of thioether (sulfide) groups is 1. The van der Waals surface area contributed by atoms with Gasteiger partial charge in [0.05, 0.1) is 18.6 Å². The maximum Gasteiger partial charge on any atom is 0.234 e. The van der Waals surface area contributed by atoms with Crippen LogP contribution >= 0.6 is 27.7 Å². The molecule has 0 saturated heterocycles. The molecule has 0 fully saturated rings. The molecule has 4 aromatic rings. The number of nitrogens with zero attached hydrogens (tertiary/aromatic N) is 3. The Morgan fingerprint density at radius 3 is 2.90 bits per heavy atom. The smallest absolute Gasteiger partial charge is 0.234 e. The van der Waals surface area contributed by atoms with Crippen LogP contribution in [0.2, 0.25) is 0 Å². The molecule has 2 aromatic carbocycles. The van der Waals surface area contributed by atoms with Gasteiger partial charge in [-0.05, 0) is 30.3 Å². The van der Waals surface area contributed by atoms with Gasteiger partial charge in [0.2, 0.25) is 5.91 Å². The van der Waals surface area contributed by atoms with E-state index in [0.29, 0.717) is 32.5 Å². The molecule has 0 atom stereocenters. The van der Waals surface area contributed by atoms with E-state index in [4.69, 9.17) is 9.15 Å². The van der Waals surface area contributed by atoms with Crippen molar-refractivity contribution in [2.45, 2.75) is 5.16 Å². The van der Waals surface area contributed by atoms with Crippen LogP contribution in [0.3, 0.4) is 0 Å². The Labute approximate surface area is 183 Å². The third kappa shape index (κ3) is 4.05. The number of furan rings is 1. The molecule has 0 saturated carbocycles. The summed E-state index contributed by atoms with van der Waals surface area (Å²) in [5.41, 5.74) is 0.752. The Bertz CT molecular complexity index is 1240. The van der Waals surface area contributed by atoms with Gasteiger partial charge in [-0.15, -0.1) is 10.2 Å². The maximum absolute atomic E-state index is 13.9. The van der Waals surface area contributed by atoms with Crippen LogP contribution in [0.15, 0.2) is 56.5 Å². The predicted octanol–water partition coefficient (Wildman–Crippen LogP) is 4.87.